The summed E-state index contributed by atoms with van der Waals surface area (Å²) in [6.45, 7) is 1.93. The van der Waals surface area contributed by atoms with Crippen LogP contribution in [-0.4, -0.2) is 20.8 Å². The molecule has 2 heterocycles. The highest BCUT2D eigenvalue weighted by Crippen LogP contribution is 2.28. The van der Waals surface area contributed by atoms with Crippen molar-refractivity contribution in [3.63, 3.8) is 0 Å². The summed E-state index contributed by atoms with van der Waals surface area (Å²) in [7, 11) is 1.88. The number of carbonyl (C=O) groups excluding carboxylic acids is 1. The van der Waals surface area contributed by atoms with Crippen molar-refractivity contribution in [2.24, 2.45) is 7.05 Å². The van der Waals surface area contributed by atoms with E-state index in [9.17, 15) is 4.79 Å². The first-order chi connectivity index (χ1) is 10.1. The van der Waals surface area contributed by atoms with Crippen molar-refractivity contribution in [1.82, 2.24) is 9.78 Å². The Hall–Kier alpha value is -2.18. The molecule has 2 aromatic heterocycles. The monoisotopic (exact) mass is 301 g/mol. The van der Waals surface area contributed by atoms with E-state index in [0.29, 0.717) is 10.6 Å². The predicted octanol–water partition coefficient (Wildman–Crippen LogP) is 2.69. The number of amides is 1. The molecule has 0 bridgehead atoms. The van der Waals surface area contributed by atoms with Crippen LogP contribution in [0.5, 0.6) is 0 Å². The molecule has 6 heteroatoms. The number of thiophene rings is 1. The first-order valence-electron chi connectivity index (χ1n) is 6.53. The highest BCUT2D eigenvalue weighted by Gasteiger charge is 2.15. The minimum atomic E-state index is -0.132. The van der Waals surface area contributed by atoms with Crippen molar-refractivity contribution in [1.29, 1.82) is 0 Å². The maximum atomic E-state index is 12.3. The molecule has 1 aromatic carbocycles. The number of anilines is 1. The van der Waals surface area contributed by atoms with Crippen LogP contribution in [0.1, 0.15) is 20.9 Å². The number of hydrogen-bond donors (Lipinski definition) is 2. The maximum absolute atomic E-state index is 12.3. The minimum absolute atomic E-state index is 0.00316. The van der Waals surface area contributed by atoms with Gasteiger partial charge in [-0.3, -0.25) is 9.48 Å². The van der Waals surface area contributed by atoms with E-state index in [1.165, 1.54) is 11.3 Å². The maximum Gasteiger partial charge on any atom is 0.265 e. The highest BCUT2D eigenvalue weighted by molar-refractivity contribution is 7.20. The van der Waals surface area contributed by atoms with Crippen LogP contribution in [0.15, 0.2) is 30.3 Å². The zero-order valence-electron chi connectivity index (χ0n) is 11.8. The van der Waals surface area contributed by atoms with E-state index in [1.54, 1.807) is 28.9 Å². The molecule has 3 rings (SSSR count). The van der Waals surface area contributed by atoms with Gasteiger partial charge in [0, 0.05) is 18.1 Å². The molecule has 0 aliphatic rings. The fourth-order valence-corrected chi connectivity index (χ4v) is 3.22. The van der Waals surface area contributed by atoms with Crippen LogP contribution >= 0.6 is 11.3 Å². The molecule has 0 fully saturated rings. The Labute approximate surface area is 125 Å². The lowest BCUT2D eigenvalue weighted by Crippen LogP contribution is -2.10. The van der Waals surface area contributed by atoms with Gasteiger partial charge in [0.2, 0.25) is 0 Å². The number of aryl methyl sites for hydroxylation is 2. The van der Waals surface area contributed by atoms with Gasteiger partial charge in [0.05, 0.1) is 17.2 Å². The summed E-state index contributed by atoms with van der Waals surface area (Å²) in [5.41, 5.74) is 2.45. The lowest BCUT2D eigenvalue weighted by Gasteiger charge is -2.04. The lowest BCUT2D eigenvalue weighted by molar-refractivity contribution is 0.103. The van der Waals surface area contributed by atoms with E-state index in [-0.39, 0.29) is 12.5 Å². The van der Waals surface area contributed by atoms with Crippen LogP contribution in [-0.2, 0) is 13.7 Å². The third-order valence-corrected chi connectivity index (χ3v) is 4.51. The van der Waals surface area contributed by atoms with Gasteiger partial charge in [-0.25, -0.2) is 0 Å². The van der Waals surface area contributed by atoms with Gasteiger partial charge in [0.1, 0.15) is 4.83 Å². The summed E-state index contributed by atoms with van der Waals surface area (Å²) in [6, 6.07) is 9.01. The molecule has 2 N–H and O–H groups in total. The van der Waals surface area contributed by atoms with E-state index in [0.717, 1.165) is 21.5 Å². The van der Waals surface area contributed by atoms with E-state index in [4.69, 9.17) is 5.11 Å². The van der Waals surface area contributed by atoms with Gasteiger partial charge in [0.15, 0.2) is 0 Å². The van der Waals surface area contributed by atoms with Crippen LogP contribution in [0.3, 0.4) is 0 Å². The van der Waals surface area contributed by atoms with E-state index < -0.39 is 0 Å². The molecule has 0 spiro atoms. The Morgan fingerprint density at radius 2 is 2.10 bits per heavy atom. The summed E-state index contributed by atoms with van der Waals surface area (Å²) in [6.07, 6.45) is 0. The fourth-order valence-electron chi connectivity index (χ4n) is 2.20. The van der Waals surface area contributed by atoms with Crippen LogP contribution in [0, 0.1) is 6.92 Å². The molecule has 0 unspecified atom stereocenters. The summed E-state index contributed by atoms with van der Waals surface area (Å²) in [5, 5.41) is 17.2. The second-order valence-electron chi connectivity index (χ2n) is 4.85. The molecule has 1 amide bonds. The van der Waals surface area contributed by atoms with Gasteiger partial charge in [-0.15, -0.1) is 11.3 Å². The van der Waals surface area contributed by atoms with Gasteiger partial charge >= 0.3 is 0 Å². The SMILES string of the molecule is Cc1nn(C)c2sc(C(=O)Nc3ccc(CO)cc3)cc12. The molecule has 0 aliphatic carbocycles. The number of hydrogen-bond acceptors (Lipinski definition) is 4. The zero-order valence-corrected chi connectivity index (χ0v) is 12.6. The molecular formula is C15H15N3O2S. The Morgan fingerprint density at radius 1 is 1.38 bits per heavy atom. The zero-order chi connectivity index (χ0) is 15.0. The van der Waals surface area contributed by atoms with E-state index >= 15 is 0 Å². The average molecular weight is 301 g/mol. The molecule has 0 saturated heterocycles. The van der Waals surface area contributed by atoms with Crippen LogP contribution in [0.2, 0.25) is 0 Å². The second kappa shape index (κ2) is 5.31. The van der Waals surface area contributed by atoms with E-state index in [1.807, 2.05) is 20.0 Å². The van der Waals surface area contributed by atoms with Gasteiger partial charge in [0.25, 0.3) is 5.91 Å². The number of fused-ring (bicyclic) bond motifs is 1. The number of rotatable bonds is 3. The molecule has 0 aliphatic heterocycles. The average Bonchev–Trinajstić information content (AvgIpc) is 3.02. The Morgan fingerprint density at radius 3 is 2.71 bits per heavy atom. The van der Waals surface area contributed by atoms with Crippen molar-refractivity contribution in [2.75, 3.05) is 5.32 Å². The van der Waals surface area contributed by atoms with Crippen molar-refractivity contribution in [2.45, 2.75) is 13.5 Å². The number of nitrogens with zero attached hydrogens (tertiary/aromatic N) is 2. The molecule has 108 valence electrons. The smallest absolute Gasteiger partial charge is 0.265 e. The summed E-state index contributed by atoms with van der Waals surface area (Å²) >= 11 is 1.43. The molecule has 0 atom stereocenters. The van der Waals surface area contributed by atoms with Crippen LogP contribution < -0.4 is 5.32 Å². The normalized spacial score (nSPS) is 11.0. The number of aromatic nitrogens is 2. The minimum Gasteiger partial charge on any atom is -0.392 e. The van der Waals surface area contributed by atoms with Crippen molar-refractivity contribution in [3.05, 3.63) is 46.5 Å². The Bertz CT molecular complexity index is 768. The van der Waals surface area contributed by atoms with Crippen molar-refractivity contribution >= 4 is 33.1 Å². The second-order valence-corrected chi connectivity index (χ2v) is 5.88. The van der Waals surface area contributed by atoms with Gasteiger partial charge in [-0.1, -0.05) is 12.1 Å². The fraction of sp³-hybridized carbons (Fsp3) is 0.200. The number of benzene rings is 1. The van der Waals surface area contributed by atoms with Crippen molar-refractivity contribution < 1.29 is 9.90 Å². The topological polar surface area (TPSA) is 67.2 Å². The first-order valence-corrected chi connectivity index (χ1v) is 7.34. The predicted molar refractivity (Wildman–Crippen MR) is 83.6 cm³/mol. The molecule has 21 heavy (non-hydrogen) atoms. The summed E-state index contributed by atoms with van der Waals surface area (Å²) in [5.74, 6) is -0.132. The Kier molecular flexibility index (Phi) is 3.48. The standard InChI is InChI=1S/C15H15N3O2S/c1-9-12-7-13(21-15(12)18(2)17-9)14(20)16-11-5-3-10(8-19)4-6-11/h3-7,19H,8H2,1-2H3,(H,16,20). The molecular weight excluding hydrogens is 286 g/mol. The Balaban J connectivity index is 1.84. The summed E-state index contributed by atoms with van der Waals surface area (Å²) in [4.78, 5) is 13.9. The molecule has 5 nitrogen and oxygen atoms in total. The third-order valence-electron chi connectivity index (χ3n) is 3.31. The third kappa shape index (κ3) is 2.55. The van der Waals surface area contributed by atoms with Crippen LogP contribution in [0.4, 0.5) is 5.69 Å². The lowest BCUT2D eigenvalue weighted by atomic mass is 10.2. The number of aliphatic hydroxyl groups excluding tert-OH is 1. The van der Waals surface area contributed by atoms with Crippen molar-refractivity contribution in [3.8, 4) is 0 Å². The van der Waals surface area contributed by atoms with Gasteiger partial charge < -0.3 is 10.4 Å². The molecule has 0 saturated carbocycles. The molecule has 0 radical (unpaired) electrons. The number of carbonyl (C=O) groups is 1. The van der Waals surface area contributed by atoms with Gasteiger partial charge in [-0.2, -0.15) is 5.10 Å². The number of nitrogens with one attached hydrogen (secondary N) is 1. The highest BCUT2D eigenvalue weighted by atomic mass is 32.1. The molecule has 3 aromatic rings. The van der Waals surface area contributed by atoms with Gasteiger partial charge in [-0.05, 0) is 30.7 Å². The summed E-state index contributed by atoms with van der Waals surface area (Å²) < 4.78 is 1.79. The largest absolute Gasteiger partial charge is 0.392 e. The quantitative estimate of drug-likeness (QED) is 0.781. The van der Waals surface area contributed by atoms with Crippen LogP contribution in [0.25, 0.3) is 10.2 Å². The first kappa shape index (κ1) is 13.8. The van der Waals surface area contributed by atoms with E-state index in [2.05, 4.69) is 10.4 Å². The number of aliphatic hydroxyl groups is 1.